The van der Waals surface area contributed by atoms with Gasteiger partial charge in [0.2, 0.25) is 0 Å². The average molecular weight is 407 g/mol. The fourth-order valence-corrected chi connectivity index (χ4v) is 3.43. The highest BCUT2D eigenvalue weighted by Crippen LogP contribution is 2.16. The summed E-state index contributed by atoms with van der Waals surface area (Å²) in [6.45, 7) is 11.0. The molecule has 8 nitrogen and oxygen atoms in total. The number of rotatable bonds is 7. The van der Waals surface area contributed by atoms with Crippen LogP contribution >= 0.6 is 0 Å². The van der Waals surface area contributed by atoms with E-state index in [0.717, 1.165) is 25.3 Å². The van der Waals surface area contributed by atoms with Crippen LogP contribution in [0.3, 0.4) is 0 Å². The van der Waals surface area contributed by atoms with Crippen molar-refractivity contribution in [1.82, 2.24) is 14.7 Å². The fourth-order valence-electron chi connectivity index (χ4n) is 3.43. The summed E-state index contributed by atoms with van der Waals surface area (Å²) in [4.78, 5) is 28.3. The van der Waals surface area contributed by atoms with Gasteiger partial charge in [-0.25, -0.2) is 0 Å². The van der Waals surface area contributed by atoms with Gasteiger partial charge >= 0.3 is 11.9 Å². The van der Waals surface area contributed by atoms with Crippen molar-refractivity contribution in [3.8, 4) is 0 Å². The molecule has 0 aromatic heterocycles. The molecule has 0 unspecified atom stereocenters. The molecule has 0 amide bonds. The van der Waals surface area contributed by atoms with Crippen LogP contribution in [0.4, 0.5) is 5.69 Å². The van der Waals surface area contributed by atoms with Crippen LogP contribution < -0.4 is 5.32 Å². The average Bonchev–Trinajstić information content (AvgIpc) is 2.67. The van der Waals surface area contributed by atoms with Crippen LogP contribution in [0.15, 0.2) is 24.3 Å². The van der Waals surface area contributed by atoms with Gasteiger partial charge in [-0.2, -0.15) is 0 Å². The standard InChI is InChI=1S/C21H34N4O4/c1-21(2,3)22-18-6-4-17(5-7-18)14-23-8-10-24(15-19(26)27)12-13-25(11-9-23)16-20(28)29/h4-7,22H,8-16H2,1-3H3,(H,26,27)(H,28,29). The van der Waals surface area contributed by atoms with Gasteiger partial charge in [0.1, 0.15) is 0 Å². The summed E-state index contributed by atoms with van der Waals surface area (Å²) in [5.41, 5.74) is 2.26. The number of aliphatic carboxylic acids is 2. The minimum atomic E-state index is -0.859. The fraction of sp³-hybridized carbons (Fsp3) is 0.619. The van der Waals surface area contributed by atoms with Gasteiger partial charge < -0.3 is 15.5 Å². The van der Waals surface area contributed by atoms with Gasteiger partial charge in [-0.3, -0.25) is 24.3 Å². The maximum Gasteiger partial charge on any atom is 0.317 e. The lowest BCUT2D eigenvalue weighted by molar-refractivity contribution is -0.140. The van der Waals surface area contributed by atoms with Crippen molar-refractivity contribution in [3.05, 3.63) is 29.8 Å². The van der Waals surface area contributed by atoms with Gasteiger partial charge in [-0.15, -0.1) is 0 Å². The number of benzene rings is 1. The van der Waals surface area contributed by atoms with Gasteiger partial charge in [0.05, 0.1) is 13.1 Å². The van der Waals surface area contributed by atoms with E-state index in [1.54, 1.807) is 0 Å². The van der Waals surface area contributed by atoms with Crippen LogP contribution in [0.25, 0.3) is 0 Å². The lowest BCUT2D eigenvalue weighted by Gasteiger charge is -2.26. The molecular weight excluding hydrogens is 372 g/mol. The van der Waals surface area contributed by atoms with Gasteiger partial charge in [0.25, 0.3) is 0 Å². The highest BCUT2D eigenvalue weighted by molar-refractivity contribution is 5.69. The van der Waals surface area contributed by atoms with Crippen molar-refractivity contribution in [2.24, 2.45) is 0 Å². The second-order valence-corrected chi connectivity index (χ2v) is 8.69. The molecule has 1 aromatic carbocycles. The summed E-state index contributed by atoms with van der Waals surface area (Å²) in [7, 11) is 0. The number of carboxylic acid groups (broad SMARTS) is 2. The van der Waals surface area contributed by atoms with E-state index in [9.17, 15) is 9.59 Å². The monoisotopic (exact) mass is 406 g/mol. The quantitative estimate of drug-likeness (QED) is 0.627. The van der Waals surface area contributed by atoms with E-state index in [1.165, 1.54) is 5.56 Å². The molecule has 1 aliphatic heterocycles. The van der Waals surface area contributed by atoms with Crippen LogP contribution in [0.5, 0.6) is 0 Å². The highest BCUT2D eigenvalue weighted by Gasteiger charge is 2.19. The molecule has 0 atom stereocenters. The van der Waals surface area contributed by atoms with E-state index in [1.807, 2.05) is 9.80 Å². The molecule has 2 rings (SSSR count). The molecule has 1 aliphatic rings. The first-order valence-electron chi connectivity index (χ1n) is 10.1. The predicted molar refractivity (Wildman–Crippen MR) is 113 cm³/mol. The van der Waals surface area contributed by atoms with E-state index in [4.69, 9.17) is 10.2 Å². The molecule has 0 radical (unpaired) electrons. The van der Waals surface area contributed by atoms with E-state index in [0.29, 0.717) is 26.2 Å². The van der Waals surface area contributed by atoms with Crippen LogP contribution in [-0.4, -0.2) is 94.7 Å². The number of nitrogens with one attached hydrogen (secondary N) is 1. The Balaban J connectivity index is 2.03. The number of hydrogen-bond acceptors (Lipinski definition) is 6. The lowest BCUT2D eigenvalue weighted by Crippen LogP contribution is -2.40. The number of carbonyl (C=O) groups is 2. The van der Waals surface area contributed by atoms with E-state index < -0.39 is 11.9 Å². The first-order chi connectivity index (χ1) is 13.6. The van der Waals surface area contributed by atoms with Crippen LogP contribution in [0.2, 0.25) is 0 Å². The van der Waals surface area contributed by atoms with E-state index in [2.05, 4.69) is 55.3 Å². The van der Waals surface area contributed by atoms with Crippen LogP contribution in [0, 0.1) is 0 Å². The van der Waals surface area contributed by atoms with E-state index in [-0.39, 0.29) is 18.6 Å². The number of anilines is 1. The molecule has 1 saturated heterocycles. The molecule has 162 valence electrons. The summed E-state index contributed by atoms with van der Waals surface area (Å²) < 4.78 is 0. The van der Waals surface area contributed by atoms with Crippen LogP contribution in [-0.2, 0) is 16.1 Å². The smallest absolute Gasteiger partial charge is 0.317 e. The van der Waals surface area contributed by atoms with Crippen LogP contribution in [0.1, 0.15) is 26.3 Å². The van der Waals surface area contributed by atoms with E-state index >= 15 is 0 Å². The molecule has 8 heteroatoms. The summed E-state index contributed by atoms with van der Waals surface area (Å²) in [6, 6.07) is 8.35. The van der Waals surface area contributed by atoms with Crippen molar-refractivity contribution < 1.29 is 19.8 Å². The largest absolute Gasteiger partial charge is 0.480 e. The third kappa shape index (κ3) is 9.25. The molecule has 0 saturated carbocycles. The molecule has 0 aliphatic carbocycles. The first-order valence-corrected chi connectivity index (χ1v) is 10.1. The third-order valence-corrected chi connectivity index (χ3v) is 4.79. The third-order valence-electron chi connectivity index (χ3n) is 4.79. The maximum atomic E-state index is 11.1. The SMILES string of the molecule is CC(C)(C)Nc1ccc(CN2CCN(CC(=O)O)CCN(CC(=O)O)CC2)cc1. The van der Waals surface area contributed by atoms with Crippen molar-refractivity contribution in [3.63, 3.8) is 0 Å². The lowest BCUT2D eigenvalue weighted by atomic mass is 10.1. The van der Waals surface area contributed by atoms with Gasteiger partial charge in [0.15, 0.2) is 0 Å². The maximum absolute atomic E-state index is 11.1. The molecule has 1 fully saturated rings. The van der Waals surface area contributed by atoms with Crippen molar-refractivity contribution >= 4 is 17.6 Å². The van der Waals surface area contributed by atoms with Crippen molar-refractivity contribution in [2.75, 3.05) is 57.7 Å². The minimum Gasteiger partial charge on any atom is -0.480 e. The highest BCUT2D eigenvalue weighted by atomic mass is 16.4. The Bertz CT molecular complexity index is 644. The van der Waals surface area contributed by atoms with Crippen molar-refractivity contribution in [2.45, 2.75) is 32.9 Å². The Hall–Kier alpha value is -2.16. The summed E-state index contributed by atoms with van der Waals surface area (Å²) >= 11 is 0. The predicted octanol–water partition coefficient (Wildman–Crippen LogP) is 1.49. The van der Waals surface area contributed by atoms with Gasteiger partial charge in [0, 0.05) is 57.0 Å². The molecule has 3 N–H and O–H groups in total. The Kier molecular flexibility index (Phi) is 8.43. The number of carboxylic acids is 2. The molecule has 0 bridgehead atoms. The Morgan fingerprint density at radius 1 is 0.828 bits per heavy atom. The number of hydrogen-bond donors (Lipinski definition) is 3. The summed E-state index contributed by atoms with van der Waals surface area (Å²) in [6.07, 6.45) is 0. The van der Waals surface area contributed by atoms with Gasteiger partial charge in [-0.1, -0.05) is 12.1 Å². The zero-order valence-corrected chi connectivity index (χ0v) is 17.7. The van der Waals surface area contributed by atoms with Crippen molar-refractivity contribution in [1.29, 1.82) is 0 Å². The Morgan fingerprint density at radius 2 is 1.24 bits per heavy atom. The zero-order valence-electron chi connectivity index (χ0n) is 17.7. The summed E-state index contributed by atoms with van der Waals surface area (Å²) in [5.74, 6) is -1.72. The summed E-state index contributed by atoms with van der Waals surface area (Å²) in [5, 5.41) is 21.7. The molecule has 29 heavy (non-hydrogen) atoms. The normalized spacial score (nSPS) is 17.9. The molecular formula is C21H34N4O4. The molecule has 0 spiro atoms. The minimum absolute atomic E-state index is 0.00397. The topological polar surface area (TPSA) is 96.4 Å². The first kappa shape index (κ1) is 23.1. The number of nitrogens with zero attached hydrogens (tertiary/aromatic N) is 3. The zero-order chi connectivity index (χ0) is 21.4. The molecule has 1 aromatic rings. The second kappa shape index (κ2) is 10.6. The Morgan fingerprint density at radius 3 is 1.62 bits per heavy atom. The molecule has 1 heterocycles. The Labute approximate surface area is 173 Å². The van der Waals surface area contributed by atoms with Gasteiger partial charge in [-0.05, 0) is 38.5 Å². The second-order valence-electron chi connectivity index (χ2n) is 8.69.